The van der Waals surface area contributed by atoms with Gasteiger partial charge in [-0.3, -0.25) is 4.79 Å². The standard InChI is InChI=1S/C22H33N3O5/c1-22(2,3)30-21(28)24-18-13-16(19(26)25(4)5)11-12-17(18)23-20(27)29-14-15-9-7-6-8-10-15/h6-10,16-18H,11-14H2,1-5H3,(H,23,27)(H,24,28)/t16-,17-,18-/m1/s1. The number of hydrogen-bond acceptors (Lipinski definition) is 5. The Labute approximate surface area is 178 Å². The monoisotopic (exact) mass is 419 g/mol. The van der Waals surface area contributed by atoms with Gasteiger partial charge in [0.1, 0.15) is 12.2 Å². The molecule has 30 heavy (non-hydrogen) atoms. The number of alkyl carbamates (subject to hydrolysis) is 2. The van der Waals surface area contributed by atoms with Crippen LogP contribution in [0.3, 0.4) is 0 Å². The zero-order valence-electron chi connectivity index (χ0n) is 18.4. The Morgan fingerprint density at radius 1 is 1.00 bits per heavy atom. The highest BCUT2D eigenvalue weighted by atomic mass is 16.6. The number of hydrogen-bond donors (Lipinski definition) is 2. The molecule has 1 aliphatic rings. The quantitative estimate of drug-likeness (QED) is 0.765. The minimum Gasteiger partial charge on any atom is -0.445 e. The smallest absolute Gasteiger partial charge is 0.407 e. The molecule has 3 amide bonds. The molecule has 1 fully saturated rings. The average molecular weight is 420 g/mol. The molecule has 1 saturated carbocycles. The van der Waals surface area contributed by atoms with Gasteiger partial charge in [0.2, 0.25) is 5.91 Å². The fourth-order valence-electron chi connectivity index (χ4n) is 3.47. The molecule has 0 unspecified atom stereocenters. The van der Waals surface area contributed by atoms with E-state index < -0.39 is 23.8 Å². The van der Waals surface area contributed by atoms with Crippen LogP contribution in [0.15, 0.2) is 30.3 Å². The Balaban J connectivity index is 2.00. The van der Waals surface area contributed by atoms with Gasteiger partial charge in [0.25, 0.3) is 0 Å². The van der Waals surface area contributed by atoms with Crippen LogP contribution < -0.4 is 10.6 Å². The summed E-state index contributed by atoms with van der Waals surface area (Å²) >= 11 is 0. The first-order chi connectivity index (χ1) is 14.0. The lowest BCUT2D eigenvalue weighted by Crippen LogP contribution is -2.56. The maximum Gasteiger partial charge on any atom is 0.407 e. The van der Waals surface area contributed by atoms with E-state index in [4.69, 9.17) is 9.47 Å². The van der Waals surface area contributed by atoms with Crippen LogP contribution in [0, 0.1) is 5.92 Å². The van der Waals surface area contributed by atoms with Crippen LogP contribution in [0.1, 0.15) is 45.6 Å². The van der Waals surface area contributed by atoms with Gasteiger partial charge in [0.15, 0.2) is 0 Å². The molecule has 0 saturated heterocycles. The van der Waals surface area contributed by atoms with Crippen molar-refractivity contribution in [2.75, 3.05) is 14.1 Å². The predicted molar refractivity (Wildman–Crippen MR) is 113 cm³/mol. The Morgan fingerprint density at radius 3 is 2.23 bits per heavy atom. The first-order valence-corrected chi connectivity index (χ1v) is 10.2. The molecule has 0 aromatic heterocycles. The van der Waals surface area contributed by atoms with Gasteiger partial charge in [-0.05, 0) is 45.6 Å². The zero-order valence-corrected chi connectivity index (χ0v) is 18.4. The number of amides is 3. The molecule has 0 aliphatic heterocycles. The summed E-state index contributed by atoms with van der Waals surface area (Å²) in [4.78, 5) is 38.6. The Bertz CT molecular complexity index is 730. The van der Waals surface area contributed by atoms with Gasteiger partial charge in [-0.25, -0.2) is 9.59 Å². The summed E-state index contributed by atoms with van der Waals surface area (Å²) in [7, 11) is 3.42. The third-order valence-corrected chi connectivity index (χ3v) is 4.86. The Hall–Kier alpha value is -2.77. The van der Waals surface area contributed by atoms with Gasteiger partial charge < -0.3 is 25.0 Å². The number of nitrogens with one attached hydrogen (secondary N) is 2. The van der Waals surface area contributed by atoms with Crippen molar-refractivity contribution >= 4 is 18.1 Å². The molecule has 1 aromatic rings. The van der Waals surface area contributed by atoms with E-state index in [1.807, 2.05) is 30.3 Å². The van der Waals surface area contributed by atoms with Crippen LogP contribution in [0.5, 0.6) is 0 Å². The van der Waals surface area contributed by atoms with E-state index in [0.717, 1.165) is 5.56 Å². The van der Waals surface area contributed by atoms with E-state index in [0.29, 0.717) is 19.3 Å². The molecule has 0 radical (unpaired) electrons. The molecule has 0 heterocycles. The van der Waals surface area contributed by atoms with Crippen LogP contribution in [0.4, 0.5) is 9.59 Å². The second kappa shape index (κ2) is 10.3. The van der Waals surface area contributed by atoms with E-state index in [1.165, 1.54) is 0 Å². The number of carbonyl (C=O) groups is 3. The van der Waals surface area contributed by atoms with E-state index >= 15 is 0 Å². The maximum absolute atomic E-state index is 12.4. The van der Waals surface area contributed by atoms with Crippen molar-refractivity contribution in [3.63, 3.8) is 0 Å². The van der Waals surface area contributed by atoms with Crippen molar-refractivity contribution in [3.8, 4) is 0 Å². The lowest BCUT2D eigenvalue weighted by Gasteiger charge is -2.37. The van der Waals surface area contributed by atoms with Crippen LogP contribution >= 0.6 is 0 Å². The SMILES string of the molecule is CN(C)C(=O)[C@@H]1CC[C@@H](NC(=O)OCc2ccccc2)[C@H](NC(=O)OC(C)(C)C)C1. The molecular weight excluding hydrogens is 386 g/mol. The third kappa shape index (κ3) is 7.57. The number of benzene rings is 1. The summed E-state index contributed by atoms with van der Waals surface area (Å²) in [5, 5.41) is 5.67. The molecule has 1 aliphatic carbocycles. The first-order valence-electron chi connectivity index (χ1n) is 10.2. The van der Waals surface area contributed by atoms with Gasteiger partial charge in [0, 0.05) is 20.0 Å². The normalized spacial score (nSPS) is 21.3. The van der Waals surface area contributed by atoms with E-state index in [9.17, 15) is 14.4 Å². The number of rotatable bonds is 5. The fourth-order valence-corrected chi connectivity index (χ4v) is 3.47. The van der Waals surface area contributed by atoms with E-state index in [2.05, 4.69) is 10.6 Å². The molecule has 2 N–H and O–H groups in total. The summed E-state index contributed by atoms with van der Waals surface area (Å²) in [5.74, 6) is -0.214. The first kappa shape index (κ1) is 23.5. The molecule has 0 spiro atoms. The molecule has 166 valence electrons. The summed E-state index contributed by atoms with van der Waals surface area (Å²) < 4.78 is 10.7. The number of ether oxygens (including phenoxy) is 2. The summed E-state index contributed by atoms with van der Waals surface area (Å²) in [6.45, 7) is 5.50. The highest BCUT2D eigenvalue weighted by molar-refractivity contribution is 5.79. The van der Waals surface area contributed by atoms with Gasteiger partial charge >= 0.3 is 12.2 Å². The van der Waals surface area contributed by atoms with Crippen LogP contribution in [0.2, 0.25) is 0 Å². The minimum atomic E-state index is -0.644. The van der Waals surface area contributed by atoms with Crippen molar-refractivity contribution in [1.82, 2.24) is 15.5 Å². The number of nitrogens with zero attached hydrogens (tertiary/aromatic N) is 1. The minimum absolute atomic E-state index is 0.0103. The summed E-state index contributed by atoms with van der Waals surface area (Å²) in [6, 6.07) is 8.60. The summed E-state index contributed by atoms with van der Waals surface area (Å²) in [6.07, 6.45) is 0.449. The van der Waals surface area contributed by atoms with Gasteiger partial charge in [-0.2, -0.15) is 0 Å². The Morgan fingerprint density at radius 2 is 1.63 bits per heavy atom. The van der Waals surface area contributed by atoms with Crippen LogP contribution in [-0.4, -0.2) is 54.8 Å². The largest absolute Gasteiger partial charge is 0.445 e. The predicted octanol–water partition coefficient (Wildman–Crippen LogP) is 3.06. The van der Waals surface area contributed by atoms with Crippen LogP contribution in [-0.2, 0) is 20.9 Å². The highest BCUT2D eigenvalue weighted by Gasteiger charge is 2.37. The van der Waals surface area contributed by atoms with Gasteiger partial charge in [0.05, 0.1) is 12.1 Å². The van der Waals surface area contributed by atoms with Crippen molar-refractivity contribution in [2.24, 2.45) is 5.92 Å². The molecule has 0 bridgehead atoms. The molecule has 8 nitrogen and oxygen atoms in total. The highest BCUT2D eigenvalue weighted by Crippen LogP contribution is 2.27. The molecule has 2 rings (SSSR count). The molecular formula is C22H33N3O5. The Kier molecular flexibility index (Phi) is 8.08. The van der Waals surface area contributed by atoms with Crippen LogP contribution in [0.25, 0.3) is 0 Å². The fraction of sp³-hybridized carbons (Fsp3) is 0.591. The zero-order chi connectivity index (χ0) is 22.3. The second-order valence-corrected chi connectivity index (χ2v) is 8.81. The molecule has 1 aromatic carbocycles. The molecule has 8 heteroatoms. The molecule has 3 atom stereocenters. The van der Waals surface area contributed by atoms with E-state index in [1.54, 1.807) is 39.8 Å². The van der Waals surface area contributed by atoms with E-state index in [-0.39, 0.29) is 24.5 Å². The lowest BCUT2D eigenvalue weighted by atomic mass is 9.81. The third-order valence-electron chi connectivity index (χ3n) is 4.86. The van der Waals surface area contributed by atoms with Gasteiger partial charge in [-0.15, -0.1) is 0 Å². The lowest BCUT2D eigenvalue weighted by molar-refractivity contribution is -0.134. The topological polar surface area (TPSA) is 97.0 Å². The van der Waals surface area contributed by atoms with Crippen molar-refractivity contribution < 1.29 is 23.9 Å². The average Bonchev–Trinajstić information content (AvgIpc) is 2.66. The second-order valence-electron chi connectivity index (χ2n) is 8.81. The summed E-state index contributed by atoms with van der Waals surface area (Å²) in [5.41, 5.74) is 0.242. The van der Waals surface area contributed by atoms with Gasteiger partial charge in [-0.1, -0.05) is 30.3 Å². The van der Waals surface area contributed by atoms with Crippen molar-refractivity contribution in [2.45, 2.75) is 64.3 Å². The maximum atomic E-state index is 12.4. The van der Waals surface area contributed by atoms with Crippen molar-refractivity contribution in [1.29, 1.82) is 0 Å². The number of carbonyl (C=O) groups excluding carboxylic acids is 3. The van der Waals surface area contributed by atoms with Crippen molar-refractivity contribution in [3.05, 3.63) is 35.9 Å².